The smallest absolute Gasteiger partial charge is 0.265 e. The number of likely N-dealkylation sites (N-methyl/N-ethyl adjacent to an activating group) is 1. The molecule has 1 amide bonds. The molecule has 3 heterocycles. The Morgan fingerprint density at radius 3 is 2.50 bits per heavy atom. The van der Waals surface area contributed by atoms with Crippen LogP contribution in [0.2, 0.25) is 0 Å². The highest BCUT2D eigenvalue weighted by atomic mass is 19.1. The highest BCUT2D eigenvalue weighted by Gasteiger charge is 2.31. The van der Waals surface area contributed by atoms with Gasteiger partial charge in [0, 0.05) is 44.2 Å². The van der Waals surface area contributed by atoms with Gasteiger partial charge in [-0.1, -0.05) is 6.07 Å². The van der Waals surface area contributed by atoms with Gasteiger partial charge in [-0.3, -0.25) is 4.79 Å². The first-order chi connectivity index (χ1) is 18.2. The van der Waals surface area contributed by atoms with Crippen molar-refractivity contribution in [3.05, 3.63) is 59.6 Å². The van der Waals surface area contributed by atoms with E-state index in [4.69, 9.17) is 9.47 Å². The summed E-state index contributed by atoms with van der Waals surface area (Å²) >= 11 is 0. The van der Waals surface area contributed by atoms with Gasteiger partial charge in [-0.05, 0) is 50.7 Å². The molecule has 10 heteroatoms. The van der Waals surface area contributed by atoms with Gasteiger partial charge in [0.2, 0.25) is 0 Å². The molecule has 3 aromatic rings. The molecule has 1 saturated heterocycles. The maximum Gasteiger partial charge on any atom is 0.265 e. The van der Waals surface area contributed by atoms with E-state index in [1.54, 1.807) is 12.1 Å². The molecule has 2 aliphatic heterocycles. The minimum absolute atomic E-state index is 0.0335. The monoisotopic (exact) mass is 523 g/mol. The van der Waals surface area contributed by atoms with Crippen LogP contribution in [0.15, 0.2) is 36.5 Å². The van der Waals surface area contributed by atoms with Gasteiger partial charge in [0.1, 0.15) is 17.3 Å². The molecule has 0 unspecified atom stereocenters. The zero-order chi connectivity index (χ0) is 27.0. The number of fused-ring (bicyclic) bond motifs is 1. The molecule has 1 fully saturated rings. The molecule has 0 radical (unpaired) electrons. The van der Waals surface area contributed by atoms with Crippen LogP contribution in [0.3, 0.4) is 0 Å². The molecule has 0 saturated carbocycles. The summed E-state index contributed by atoms with van der Waals surface area (Å²) < 4.78 is 41.0. The number of halogens is 2. The first-order valence-corrected chi connectivity index (χ1v) is 12.7. The van der Waals surface area contributed by atoms with Crippen LogP contribution in [0, 0.1) is 11.6 Å². The number of aromatic nitrogens is 2. The Labute approximate surface area is 220 Å². The van der Waals surface area contributed by atoms with Crippen molar-refractivity contribution in [2.45, 2.75) is 26.3 Å². The average Bonchev–Trinajstić information content (AvgIpc) is 2.89. The SMILES string of the molecule is COc1cnc(Cc2ccc(N3CCN(C)CC3)c(F)c2)nc1-c1cc(F)c2c(c1)N(C(C)C)C(=O)CO2. The standard InChI is InChI=1S/C28H31F2N5O3/c1-17(2)35-23-14-19(13-21(30)28(23)38-16-26(35)36)27-24(37-4)15-31-25(32-27)12-18-5-6-22(20(29)11-18)34-9-7-33(3)8-10-34/h5-6,11,13-15,17H,7-10,12,16H2,1-4H3. The molecule has 8 nitrogen and oxygen atoms in total. The van der Waals surface area contributed by atoms with E-state index in [0.29, 0.717) is 34.2 Å². The number of ether oxygens (including phenoxy) is 2. The molecule has 2 aliphatic rings. The number of hydrogen-bond donors (Lipinski definition) is 0. The average molecular weight is 524 g/mol. The van der Waals surface area contributed by atoms with Gasteiger partial charge < -0.3 is 24.2 Å². The minimum atomic E-state index is -0.598. The van der Waals surface area contributed by atoms with E-state index in [0.717, 1.165) is 31.7 Å². The van der Waals surface area contributed by atoms with Gasteiger partial charge in [-0.25, -0.2) is 18.7 Å². The van der Waals surface area contributed by atoms with Gasteiger partial charge >= 0.3 is 0 Å². The molecule has 0 aliphatic carbocycles. The summed E-state index contributed by atoms with van der Waals surface area (Å²) in [5.74, 6) is -0.314. The second kappa shape index (κ2) is 10.5. The van der Waals surface area contributed by atoms with Crippen molar-refractivity contribution in [1.29, 1.82) is 0 Å². The number of carbonyl (C=O) groups excluding carboxylic acids is 1. The van der Waals surface area contributed by atoms with Crippen molar-refractivity contribution < 1.29 is 23.0 Å². The summed E-state index contributed by atoms with van der Waals surface area (Å²) in [6, 6.07) is 8.00. The molecular formula is C28H31F2N5O3. The first-order valence-electron chi connectivity index (χ1n) is 12.7. The van der Waals surface area contributed by atoms with E-state index >= 15 is 8.78 Å². The lowest BCUT2D eigenvalue weighted by atomic mass is 10.1. The van der Waals surface area contributed by atoms with Crippen LogP contribution in [0.25, 0.3) is 11.3 Å². The second-order valence-corrected chi connectivity index (χ2v) is 9.91. The van der Waals surface area contributed by atoms with E-state index in [9.17, 15) is 4.79 Å². The molecule has 0 bridgehead atoms. The first kappa shape index (κ1) is 25.8. The topological polar surface area (TPSA) is 71.0 Å². The van der Waals surface area contributed by atoms with E-state index in [1.165, 1.54) is 30.3 Å². The highest BCUT2D eigenvalue weighted by Crippen LogP contribution is 2.41. The summed E-state index contributed by atoms with van der Waals surface area (Å²) in [7, 11) is 3.54. The molecule has 1 aromatic heterocycles. The molecule has 0 N–H and O–H groups in total. The number of anilines is 2. The molecule has 200 valence electrons. The fraction of sp³-hybridized carbons (Fsp3) is 0.393. The Bertz CT molecular complexity index is 1360. The maximum atomic E-state index is 15.1. The van der Waals surface area contributed by atoms with E-state index in [2.05, 4.69) is 26.8 Å². The zero-order valence-corrected chi connectivity index (χ0v) is 22.0. The molecule has 0 atom stereocenters. The van der Waals surface area contributed by atoms with E-state index in [1.807, 2.05) is 19.9 Å². The number of amides is 1. The zero-order valence-electron chi connectivity index (χ0n) is 22.0. The molecule has 38 heavy (non-hydrogen) atoms. The Hall–Kier alpha value is -3.79. The van der Waals surface area contributed by atoms with Gasteiger partial charge in [0.05, 0.1) is 24.7 Å². The van der Waals surface area contributed by atoms with Crippen LogP contribution in [-0.2, 0) is 11.2 Å². The van der Waals surface area contributed by atoms with Crippen molar-refractivity contribution in [2.75, 3.05) is 56.7 Å². The lowest BCUT2D eigenvalue weighted by molar-refractivity contribution is -0.121. The third kappa shape index (κ3) is 5.00. The van der Waals surface area contributed by atoms with E-state index in [-0.39, 0.29) is 36.5 Å². The summed E-state index contributed by atoms with van der Waals surface area (Å²) in [5.41, 5.74) is 2.44. The van der Waals surface area contributed by atoms with Crippen LogP contribution < -0.4 is 19.3 Å². The van der Waals surface area contributed by atoms with Crippen molar-refractivity contribution in [1.82, 2.24) is 14.9 Å². The largest absolute Gasteiger partial charge is 0.493 e. The van der Waals surface area contributed by atoms with Crippen LogP contribution in [-0.4, -0.2) is 73.8 Å². The lowest BCUT2D eigenvalue weighted by Gasteiger charge is -2.34. The molecule has 5 rings (SSSR count). The minimum Gasteiger partial charge on any atom is -0.493 e. The number of benzene rings is 2. The van der Waals surface area contributed by atoms with Gasteiger partial charge in [0.25, 0.3) is 5.91 Å². The number of carbonyl (C=O) groups is 1. The summed E-state index contributed by atoms with van der Waals surface area (Å²) in [6.07, 6.45) is 1.80. The van der Waals surface area contributed by atoms with Crippen molar-refractivity contribution in [3.63, 3.8) is 0 Å². The fourth-order valence-electron chi connectivity index (χ4n) is 4.94. The maximum absolute atomic E-state index is 15.1. The van der Waals surface area contributed by atoms with Crippen molar-refractivity contribution in [3.8, 4) is 22.8 Å². The number of piperazine rings is 1. The molecule has 0 spiro atoms. The van der Waals surface area contributed by atoms with Gasteiger partial charge in [-0.15, -0.1) is 0 Å². The Kier molecular flexibility index (Phi) is 7.16. The third-order valence-electron chi connectivity index (χ3n) is 6.93. The fourth-order valence-corrected chi connectivity index (χ4v) is 4.94. The van der Waals surface area contributed by atoms with Crippen molar-refractivity contribution in [2.24, 2.45) is 0 Å². The Balaban J connectivity index is 1.46. The lowest BCUT2D eigenvalue weighted by Crippen LogP contribution is -2.44. The van der Waals surface area contributed by atoms with Gasteiger partial charge in [-0.2, -0.15) is 0 Å². The third-order valence-corrected chi connectivity index (χ3v) is 6.93. The predicted octanol–water partition coefficient (Wildman–Crippen LogP) is 3.91. The summed E-state index contributed by atoms with van der Waals surface area (Å²) in [4.78, 5) is 27.3. The van der Waals surface area contributed by atoms with Crippen LogP contribution >= 0.6 is 0 Å². The second-order valence-electron chi connectivity index (χ2n) is 9.91. The summed E-state index contributed by atoms with van der Waals surface area (Å²) in [6.45, 7) is 6.83. The molecular weight excluding hydrogens is 492 g/mol. The predicted molar refractivity (Wildman–Crippen MR) is 141 cm³/mol. The van der Waals surface area contributed by atoms with Crippen LogP contribution in [0.4, 0.5) is 20.2 Å². The Morgan fingerprint density at radius 1 is 1.05 bits per heavy atom. The number of rotatable bonds is 6. The van der Waals surface area contributed by atoms with Gasteiger partial charge in [0.15, 0.2) is 23.9 Å². The molecule has 2 aromatic carbocycles. The quantitative estimate of drug-likeness (QED) is 0.485. The number of nitrogens with zero attached hydrogens (tertiary/aromatic N) is 5. The summed E-state index contributed by atoms with van der Waals surface area (Å²) in [5, 5.41) is 0. The van der Waals surface area contributed by atoms with Crippen LogP contribution in [0.5, 0.6) is 11.5 Å². The number of hydrogen-bond acceptors (Lipinski definition) is 7. The normalized spacial score (nSPS) is 16.0. The van der Waals surface area contributed by atoms with Crippen molar-refractivity contribution >= 4 is 17.3 Å². The van der Waals surface area contributed by atoms with Crippen LogP contribution in [0.1, 0.15) is 25.2 Å². The van der Waals surface area contributed by atoms with E-state index < -0.39 is 5.82 Å². The highest BCUT2D eigenvalue weighted by molar-refractivity contribution is 5.99. The Morgan fingerprint density at radius 2 is 1.82 bits per heavy atom. The number of methoxy groups -OCH3 is 1.